The molecule has 0 saturated heterocycles. The quantitative estimate of drug-likeness (QED) is 0.759. The number of halogens is 6. The Morgan fingerprint density at radius 3 is 2.53 bits per heavy atom. The van der Waals surface area contributed by atoms with Crippen molar-refractivity contribution in [3.05, 3.63) is 21.8 Å². The maximum absolute atomic E-state index is 12.4. The fourth-order valence-corrected chi connectivity index (χ4v) is 2.31. The minimum Gasteiger partial charge on any atom is -0.345 e. The van der Waals surface area contributed by atoms with E-state index >= 15 is 0 Å². The maximum atomic E-state index is 12.4. The van der Waals surface area contributed by atoms with Gasteiger partial charge in [-0.2, -0.15) is 13.2 Å². The van der Waals surface area contributed by atoms with Gasteiger partial charge in [-0.15, -0.1) is 11.6 Å². The first kappa shape index (κ1) is 14.9. The van der Waals surface area contributed by atoms with Gasteiger partial charge < -0.3 is 4.90 Å². The van der Waals surface area contributed by atoms with Crippen LogP contribution >= 0.6 is 39.1 Å². The van der Waals surface area contributed by atoms with Crippen LogP contribution in [0.4, 0.5) is 19.0 Å². The molecule has 0 fully saturated rings. The fourth-order valence-electron chi connectivity index (χ4n) is 1.22. The average molecular weight is 352 g/mol. The van der Waals surface area contributed by atoms with Crippen molar-refractivity contribution < 1.29 is 13.2 Å². The summed E-state index contributed by atoms with van der Waals surface area (Å²) in [6.07, 6.45) is -3.02. The Bertz CT molecular complexity index is 387. The molecule has 0 aromatic carbocycles. The Balaban J connectivity index is 2.97. The third kappa shape index (κ3) is 4.89. The molecule has 2 nitrogen and oxygen atoms in total. The van der Waals surface area contributed by atoms with Crippen molar-refractivity contribution in [2.24, 2.45) is 0 Å². The number of aromatic nitrogens is 1. The highest BCUT2D eigenvalue weighted by Crippen LogP contribution is 2.28. The molecule has 1 aromatic heterocycles. The van der Waals surface area contributed by atoms with Crippen LogP contribution in [-0.4, -0.2) is 30.1 Å². The van der Waals surface area contributed by atoms with E-state index in [1.807, 2.05) is 0 Å². The van der Waals surface area contributed by atoms with Crippen LogP contribution in [0.15, 0.2) is 16.7 Å². The topological polar surface area (TPSA) is 16.1 Å². The molecule has 1 heterocycles. The van der Waals surface area contributed by atoms with E-state index < -0.39 is 12.7 Å². The normalized spacial score (nSPS) is 11.6. The van der Waals surface area contributed by atoms with E-state index in [0.717, 1.165) is 4.90 Å². The summed E-state index contributed by atoms with van der Waals surface area (Å²) in [6.45, 7) is -1.05. The summed E-state index contributed by atoms with van der Waals surface area (Å²) < 4.78 is 37.5. The minimum absolute atomic E-state index is 0.0499. The van der Waals surface area contributed by atoms with Gasteiger partial charge in [0.2, 0.25) is 0 Å². The molecule has 8 heteroatoms. The molecule has 17 heavy (non-hydrogen) atoms. The first-order chi connectivity index (χ1) is 7.83. The standard InChI is InChI=1S/C9H8BrCl2F3N2/c10-7-3-6(12)4-16-8(7)17(2-1-11)5-9(13,14)15/h3-4H,1-2,5H2. The first-order valence-electron chi connectivity index (χ1n) is 4.52. The van der Waals surface area contributed by atoms with Crippen LogP contribution in [0, 0.1) is 0 Å². The zero-order valence-corrected chi connectivity index (χ0v) is 11.5. The van der Waals surface area contributed by atoms with Gasteiger partial charge in [0.25, 0.3) is 0 Å². The van der Waals surface area contributed by atoms with Crippen molar-refractivity contribution in [2.45, 2.75) is 6.18 Å². The summed E-state index contributed by atoms with van der Waals surface area (Å²) in [4.78, 5) is 4.92. The van der Waals surface area contributed by atoms with Gasteiger partial charge in [-0.1, -0.05) is 11.6 Å². The van der Waals surface area contributed by atoms with Crippen LogP contribution in [0.1, 0.15) is 0 Å². The predicted molar refractivity (Wildman–Crippen MR) is 65.9 cm³/mol. The van der Waals surface area contributed by atoms with Crippen LogP contribution in [0.25, 0.3) is 0 Å². The smallest absolute Gasteiger partial charge is 0.345 e. The van der Waals surface area contributed by atoms with Gasteiger partial charge in [-0.25, -0.2) is 4.98 Å². The van der Waals surface area contributed by atoms with Gasteiger partial charge in [-0.05, 0) is 22.0 Å². The molecule has 96 valence electrons. The molecule has 0 N–H and O–H groups in total. The van der Waals surface area contributed by atoms with Crippen molar-refractivity contribution in [1.82, 2.24) is 4.98 Å². The number of nitrogens with zero attached hydrogens (tertiary/aromatic N) is 2. The molecule has 0 amide bonds. The van der Waals surface area contributed by atoms with Gasteiger partial charge in [-0.3, -0.25) is 0 Å². The Kier molecular flexibility index (Phi) is 5.34. The van der Waals surface area contributed by atoms with E-state index in [2.05, 4.69) is 20.9 Å². The predicted octanol–water partition coefficient (Wildman–Crippen LogP) is 4.11. The molecule has 0 spiro atoms. The first-order valence-corrected chi connectivity index (χ1v) is 6.23. The SMILES string of the molecule is FC(F)(F)CN(CCCl)c1ncc(Cl)cc1Br. The van der Waals surface area contributed by atoms with Gasteiger partial charge in [0.1, 0.15) is 12.4 Å². The molecule has 1 rings (SSSR count). The molecule has 0 aliphatic carbocycles. The second-order valence-corrected chi connectivity index (χ2v) is 4.85. The molecule has 0 aliphatic rings. The minimum atomic E-state index is -4.31. The van der Waals surface area contributed by atoms with Crippen molar-refractivity contribution in [1.29, 1.82) is 0 Å². The van der Waals surface area contributed by atoms with Crippen LogP contribution in [0.3, 0.4) is 0 Å². The van der Waals surface area contributed by atoms with E-state index in [4.69, 9.17) is 23.2 Å². The van der Waals surface area contributed by atoms with Gasteiger partial charge in [0.05, 0.1) is 9.50 Å². The number of alkyl halides is 4. The van der Waals surface area contributed by atoms with Crippen LogP contribution in [0.2, 0.25) is 5.02 Å². The lowest BCUT2D eigenvalue weighted by Gasteiger charge is -2.24. The molecule has 0 atom stereocenters. The fraction of sp³-hybridized carbons (Fsp3) is 0.444. The summed E-state index contributed by atoms with van der Waals surface area (Å²) in [7, 11) is 0. The zero-order chi connectivity index (χ0) is 13.1. The Morgan fingerprint density at radius 2 is 2.06 bits per heavy atom. The zero-order valence-electron chi connectivity index (χ0n) is 8.44. The van der Waals surface area contributed by atoms with Crippen molar-refractivity contribution >= 4 is 44.9 Å². The molecular formula is C9H8BrCl2F3N2. The average Bonchev–Trinajstić information content (AvgIpc) is 2.14. The lowest BCUT2D eigenvalue weighted by Crippen LogP contribution is -2.36. The summed E-state index contributed by atoms with van der Waals surface area (Å²) in [5.41, 5.74) is 0. The highest BCUT2D eigenvalue weighted by atomic mass is 79.9. The number of rotatable bonds is 4. The largest absolute Gasteiger partial charge is 0.405 e. The number of hydrogen-bond donors (Lipinski definition) is 0. The van der Waals surface area contributed by atoms with Crippen molar-refractivity contribution in [3.63, 3.8) is 0 Å². The molecular weight excluding hydrogens is 344 g/mol. The van der Waals surface area contributed by atoms with Gasteiger partial charge in [0.15, 0.2) is 0 Å². The Morgan fingerprint density at radius 1 is 1.41 bits per heavy atom. The van der Waals surface area contributed by atoms with E-state index in [9.17, 15) is 13.2 Å². The van der Waals surface area contributed by atoms with E-state index in [1.165, 1.54) is 12.3 Å². The van der Waals surface area contributed by atoms with Gasteiger partial charge >= 0.3 is 6.18 Å². The van der Waals surface area contributed by atoms with E-state index in [-0.39, 0.29) is 18.2 Å². The molecule has 1 aromatic rings. The highest BCUT2D eigenvalue weighted by molar-refractivity contribution is 9.10. The second-order valence-electron chi connectivity index (χ2n) is 3.18. The highest BCUT2D eigenvalue weighted by Gasteiger charge is 2.31. The van der Waals surface area contributed by atoms with Crippen molar-refractivity contribution in [3.8, 4) is 0 Å². The summed E-state index contributed by atoms with van der Waals surface area (Å²) >= 11 is 14.3. The lowest BCUT2D eigenvalue weighted by atomic mass is 10.4. The molecule has 0 bridgehead atoms. The molecule has 0 aliphatic heterocycles. The monoisotopic (exact) mass is 350 g/mol. The summed E-state index contributed by atoms with van der Waals surface area (Å²) in [5.74, 6) is 0.250. The van der Waals surface area contributed by atoms with Crippen LogP contribution in [0.5, 0.6) is 0 Å². The summed E-state index contributed by atoms with van der Waals surface area (Å²) in [5, 5.41) is 0.346. The van der Waals surface area contributed by atoms with Crippen molar-refractivity contribution in [2.75, 3.05) is 23.9 Å². The Hall–Kier alpha value is -0.200. The third-order valence-electron chi connectivity index (χ3n) is 1.81. The third-order valence-corrected chi connectivity index (χ3v) is 2.77. The number of anilines is 1. The van der Waals surface area contributed by atoms with E-state index in [0.29, 0.717) is 9.50 Å². The number of pyridine rings is 1. The second kappa shape index (κ2) is 6.11. The summed E-state index contributed by atoms with van der Waals surface area (Å²) in [6, 6.07) is 1.49. The number of hydrogen-bond acceptors (Lipinski definition) is 2. The van der Waals surface area contributed by atoms with E-state index in [1.54, 1.807) is 0 Å². The molecule has 0 radical (unpaired) electrons. The Labute approximate surface area is 115 Å². The van der Waals surface area contributed by atoms with Gasteiger partial charge in [0, 0.05) is 18.6 Å². The van der Waals surface area contributed by atoms with Crippen LogP contribution in [-0.2, 0) is 0 Å². The maximum Gasteiger partial charge on any atom is 0.405 e. The molecule has 0 unspecified atom stereocenters. The van der Waals surface area contributed by atoms with Crippen LogP contribution < -0.4 is 4.90 Å². The lowest BCUT2D eigenvalue weighted by molar-refractivity contribution is -0.119. The molecule has 0 saturated carbocycles.